The number of rotatable bonds is 7. The number of ether oxygens (including phenoxy) is 1. The van der Waals surface area contributed by atoms with Crippen molar-refractivity contribution in [1.29, 1.82) is 0 Å². The van der Waals surface area contributed by atoms with Crippen LogP contribution in [-0.2, 0) is 9.53 Å². The van der Waals surface area contributed by atoms with E-state index in [2.05, 4.69) is 26.0 Å². The molecule has 0 aromatic heterocycles. The Hall–Kier alpha value is -3.81. The molecule has 2 amide bonds. The molecule has 0 aliphatic rings. The van der Waals surface area contributed by atoms with Gasteiger partial charge in [-0.15, -0.1) is 5.10 Å². The molecule has 0 atom stereocenters. The Morgan fingerprint density at radius 1 is 0.931 bits per heavy atom. The number of carbonyl (C=O) groups excluding carboxylic acids is 2. The maximum Gasteiger partial charge on any atom is 0.360 e. The Morgan fingerprint density at radius 3 is 2.17 bits per heavy atom. The van der Waals surface area contributed by atoms with E-state index in [0.29, 0.717) is 11.4 Å². The molecule has 2 aromatic carbocycles. The number of nitrogens with one attached hydrogen (secondary N) is 2. The van der Waals surface area contributed by atoms with Crippen LogP contribution in [-0.4, -0.2) is 35.7 Å². The molecule has 0 unspecified atom stereocenters. The minimum Gasteiger partial charge on any atom is -0.461 e. The van der Waals surface area contributed by atoms with Gasteiger partial charge >= 0.3 is 12.0 Å². The number of hydrogen-bond acceptors (Lipinski definition) is 6. The number of benzene rings is 2. The van der Waals surface area contributed by atoms with E-state index in [0.717, 1.165) is 5.56 Å². The molecule has 0 saturated heterocycles. The zero-order valence-electron chi connectivity index (χ0n) is 16.5. The summed E-state index contributed by atoms with van der Waals surface area (Å²) in [6.45, 7) is 5.17. The average Bonchev–Trinajstić information content (AvgIpc) is 2.74. The molecule has 2 aromatic rings. The summed E-state index contributed by atoms with van der Waals surface area (Å²) in [5, 5.41) is 14.7. The van der Waals surface area contributed by atoms with Crippen LogP contribution in [0.5, 0.6) is 0 Å². The van der Waals surface area contributed by atoms with Crippen LogP contribution in [0.2, 0.25) is 0 Å². The predicted octanol–water partition coefficient (Wildman–Crippen LogP) is 3.61. The van der Waals surface area contributed by atoms with Crippen molar-refractivity contribution in [2.75, 3.05) is 11.9 Å². The first-order valence-corrected chi connectivity index (χ1v) is 9.02. The van der Waals surface area contributed by atoms with Gasteiger partial charge in [-0.25, -0.2) is 15.0 Å². The van der Waals surface area contributed by atoms with Gasteiger partial charge in [-0.1, -0.05) is 48.5 Å². The maximum atomic E-state index is 12.2. The summed E-state index contributed by atoms with van der Waals surface area (Å²) < 4.78 is 5.02. The lowest BCUT2D eigenvalue weighted by Crippen LogP contribution is -2.30. The molecular formula is C21H23N5O3. The highest BCUT2D eigenvalue weighted by molar-refractivity contribution is 6.65. The van der Waals surface area contributed by atoms with Gasteiger partial charge in [0.25, 0.3) is 0 Å². The van der Waals surface area contributed by atoms with Gasteiger partial charge in [-0.05, 0) is 38.5 Å². The second-order valence-electron chi connectivity index (χ2n) is 5.85. The number of carbonyl (C=O) groups is 2. The van der Waals surface area contributed by atoms with E-state index in [9.17, 15) is 9.59 Å². The fourth-order valence-corrected chi connectivity index (χ4v) is 2.19. The highest BCUT2D eigenvalue weighted by Crippen LogP contribution is 2.04. The van der Waals surface area contributed by atoms with Crippen molar-refractivity contribution in [2.24, 2.45) is 15.3 Å². The maximum absolute atomic E-state index is 12.2. The first-order valence-electron chi connectivity index (χ1n) is 9.02. The molecule has 0 spiro atoms. The lowest BCUT2D eigenvalue weighted by Gasteiger charge is -2.07. The topological polar surface area (TPSA) is 105 Å². The number of amides is 2. The summed E-state index contributed by atoms with van der Waals surface area (Å²) in [5.74, 6) is -0.677. The van der Waals surface area contributed by atoms with Crippen LogP contribution in [0, 0.1) is 0 Å². The molecule has 0 fully saturated rings. The molecule has 8 nitrogen and oxygen atoms in total. The first kappa shape index (κ1) is 21.5. The van der Waals surface area contributed by atoms with Crippen molar-refractivity contribution in [2.45, 2.75) is 20.8 Å². The highest BCUT2D eigenvalue weighted by Gasteiger charge is 2.17. The smallest absolute Gasteiger partial charge is 0.360 e. The predicted molar refractivity (Wildman–Crippen MR) is 114 cm³/mol. The van der Waals surface area contributed by atoms with Gasteiger partial charge in [0.1, 0.15) is 0 Å². The summed E-state index contributed by atoms with van der Waals surface area (Å²) in [4.78, 5) is 24.2. The Labute approximate surface area is 169 Å². The molecular weight excluding hydrogens is 370 g/mol. The van der Waals surface area contributed by atoms with Crippen molar-refractivity contribution in [3.8, 4) is 0 Å². The van der Waals surface area contributed by atoms with Crippen LogP contribution >= 0.6 is 0 Å². The minimum atomic E-state index is -0.677. The zero-order valence-corrected chi connectivity index (χ0v) is 16.5. The van der Waals surface area contributed by atoms with Crippen molar-refractivity contribution in [3.05, 3.63) is 66.2 Å². The van der Waals surface area contributed by atoms with Gasteiger partial charge in [-0.2, -0.15) is 10.2 Å². The summed E-state index contributed by atoms with van der Waals surface area (Å²) in [6, 6.07) is 17.8. The van der Waals surface area contributed by atoms with Crippen LogP contribution in [0.1, 0.15) is 26.3 Å². The van der Waals surface area contributed by atoms with Crippen molar-refractivity contribution < 1.29 is 14.3 Å². The van der Waals surface area contributed by atoms with E-state index >= 15 is 0 Å². The monoisotopic (exact) mass is 393 g/mol. The van der Waals surface area contributed by atoms with E-state index < -0.39 is 12.0 Å². The second kappa shape index (κ2) is 11.1. The molecule has 0 bridgehead atoms. The lowest BCUT2D eigenvalue weighted by molar-refractivity contribution is -0.134. The van der Waals surface area contributed by atoms with Crippen molar-refractivity contribution in [3.63, 3.8) is 0 Å². The van der Waals surface area contributed by atoms with Gasteiger partial charge in [-0.3, -0.25) is 0 Å². The summed E-state index contributed by atoms with van der Waals surface area (Å²) in [6.07, 6.45) is 0. The molecule has 0 radical (unpaired) electrons. The van der Waals surface area contributed by atoms with Gasteiger partial charge in [0.15, 0.2) is 5.71 Å². The number of anilines is 1. The fraction of sp³-hybridized carbons (Fsp3) is 0.190. The third-order valence-electron chi connectivity index (χ3n) is 3.66. The van der Waals surface area contributed by atoms with Crippen molar-refractivity contribution >= 4 is 34.8 Å². The van der Waals surface area contributed by atoms with E-state index in [1.54, 1.807) is 38.1 Å². The Morgan fingerprint density at radius 2 is 1.55 bits per heavy atom. The molecule has 2 rings (SSSR count). The summed E-state index contributed by atoms with van der Waals surface area (Å²) >= 11 is 0. The zero-order chi connectivity index (χ0) is 21.1. The van der Waals surface area contributed by atoms with Crippen LogP contribution in [0.15, 0.2) is 76.0 Å². The van der Waals surface area contributed by atoms with E-state index in [1.165, 1.54) is 6.92 Å². The highest BCUT2D eigenvalue weighted by atomic mass is 16.5. The van der Waals surface area contributed by atoms with E-state index in [4.69, 9.17) is 4.74 Å². The standard InChI is InChI=1S/C21H23N5O3/c1-4-29-20(27)19(25-23-15(2)17-11-7-5-8-12-17)16(3)24-26-21(28)22-18-13-9-6-10-14-18/h5-14H,4H2,1-3H3,(H2,22,26,28)/b23-15+,24-16+,25-19-. The number of urea groups is 1. The molecule has 2 N–H and O–H groups in total. The largest absolute Gasteiger partial charge is 0.461 e. The van der Waals surface area contributed by atoms with Crippen LogP contribution in [0.25, 0.3) is 0 Å². The number of hydrogen-bond donors (Lipinski definition) is 2. The van der Waals surface area contributed by atoms with Crippen LogP contribution in [0.3, 0.4) is 0 Å². The second-order valence-corrected chi connectivity index (χ2v) is 5.85. The molecule has 29 heavy (non-hydrogen) atoms. The summed E-state index contributed by atoms with van der Waals surface area (Å²) in [5.41, 5.74) is 4.50. The van der Waals surface area contributed by atoms with Gasteiger partial charge in [0.2, 0.25) is 0 Å². The van der Waals surface area contributed by atoms with Crippen LogP contribution < -0.4 is 10.7 Å². The first-order chi connectivity index (χ1) is 14.0. The lowest BCUT2D eigenvalue weighted by atomic mass is 10.1. The van der Waals surface area contributed by atoms with Gasteiger partial charge < -0.3 is 10.1 Å². The molecule has 0 saturated carbocycles. The molecule has 8 heteroatoms. The van der Waals surface area contributed by atoms with E-state index in [1.807, 2.05) is 36.4 Å². The Kier molecular flexibility index (Phi) is 8.25. The fourth-order valence-electron chi connectivity index (χ4n) is 2.19. The third kappa shape index (κ3) is 7.02. The molecule has 150 valence electrons. The third-order valence-corrected chi connectivity index (χ3v) is 3.66. The molecule has 0 heterocycles. The number of para-hydroxylation sites is 1. The SMILES string of the molecule is CCOC(=O)C(=N\N=C(/C)c1ccccc1)/C(C)=N/NC(=O)Nc1ccccc1. The van der Waals surface area contributed by atoms with E-state index in [-0.39, 0.29) is 18.0 Å². The molecule has 0 aliphatic heterocycles. The Bertz CT molecular complexity index is 922. The molecule has 0 aliphatic carbocycles. The van der Waals surface area contributed by atoms with Crippen LogP contribution in [0.4, 0.5) is 10.5 Å². The quantitative estimate of drug-likeness (QED) is 0.426. The van der Waals surface area contributed by atoms with Crippen molar-refractivity contribution in [1.82, 2.24) is 5.43 Å². The number of hydrazone groups is 1. The minimum absolute atomic E-state index is 0.0952. The number of nitrogens with zero attached hydrogens (tertiary/aromatic N) is 3. The van der Waals surface area contributed by atoms with Gasteiger partial charge in [0, 0.05) is 5.69 Å². The summed E-state index contributed by atoms with van der Waals surface area (Å²) in [7, 11) is 0. The van der Waals surface area contributed by atoms with Gasteiger partial charge in [0.05, 0.1) is 18.0 Å². The number of esters is 1. The normalized spacial score (nSPS) is 12.3. The average molecular weight is 393 g/mol. The Balaban J connectivity index is 2.16.